The number of phenolic OH excluding ortho intramolecular Hbond substituents is 1. The summed E-state index contributed by atoms with van der Waals surface area (Å²) in [5.41, 5.74) is 1.10. The van der Waals surface area contributed by atoms with Gasteiger partial charge in [-0.25, -0.2) is 4.98 Å². The van der Waals surface area contributed by atoms with Crippen molar-refractivity contribution in [1.29, 1.82) is 0 Å². The SMILES string of the molecule is Cc1nc2ccc(Br)cc2c(=O)n1-c1cccc(O)c1. The Labute approximate surface area is 123 Å². The van der Waals surface area contributed by atoms with E-state index in [9.17, 15) is 9.90 Å². The minimum Gasteiger partial charge on any atom is -0.508 e. The number of fused-ring (bicyclic) bond motifs is 1. The van der Waals surface area contributed by atoms with Crippen molar-refractivity contribution in [3.8, 4) is 11.4 Å². The number of phenols is 1. The third kappa shape index (κ3) is 2.10. The van der Waals surface area contributed by atoms with Gasteiger partial charge in [0.15, 0.2) is 0 Å². The molecule has 0 saturated carbocycles. The lowest BCUT2D eigenvalue weighted by atomic mass is 10.2. The number of aryl methyl sites for hydroxylation is 1. The Bertz CT molecular complexity index is 871. The molecule has 5 heteroatoms. The van der Waals surface area contributed by atoms with Gasteiger partial charge in [0.25, 0.3) is 5.56 Å². The average molecular weight is 331 g/mol. The second-order valence-electron chi connectivity index (χ2n) is 4.48. The van der Waals surface area contributed by atoms with E-state index in [0.29, 0.717) is 22.4 Å². The highest BCUT2D eigenvalue weighted by atomic mass is 79.9. The summed E-state index contributed by atoms with van der Waals surface area (Å²) < 4.78 is 2.32. The number of benzene rings is 2. The molecule has 0 atom stereocenters. The summed E-state index contributed by atoms with van der Waals surface area (Å²) in [5, 5.41) is 10.1. The van der Waals surface area contributed by atoms with E-state index in [1.54, 1.807) is 43.3 Å². The van der Waals surface area contributed by atoms with E-state index >= 15 is 0 Å². The van der Waals surface area contributed by atoms with E-state index in [1.165, 1.54) is 4.57 Å². The Hall–Kier alpha value is -2.14. The van der Waals surface area contributed by atoms with Gasteiger partial charge in [-0.05, 0) is 37.3 Å². The zero-order valence-corrected chi connectivity index (χ0v) is 12.3. The van der Waals surface area contributed by atoms with Gasteiger partial charge in [-0.3, -0.25) is 9.36 Å². The van der Waals surface area contributed by atoms with Crippen LogP contribution in [0.2, 0.25) is 0 Å². The lowest BCUT2D eigenvalue weighted by molar-refractivity contribution is 0.475. The molecule has 100 valence electrons. The van der Waals surface area contributed by atoms with Gasteiger partial charge in [-0.1, -0.05) is 22.0 Å². The van der Waals surface area contributed by atoms with Crippen LogP contribution in [0.5, 0.6) is 5.75 Å². The molecule has 0 aliphatic rings. The first kappa shape index (κ1) is 12.9. The molecule has 0 radical (unpaired) electrons. The number of halogens is 1. The maximum absolute atomic E-state index is 12.6. The van der Waals surface area contributed by atoms with Crippen LogP contribution >= 0.6 is 15.9 Å². The van der Waals surface area contributed by atoms with Gasteiger partial charge < -0.3 is 5.11 Å². The fraction of sp³-hybridized carbons (Fsp3) is 0.0667. The molecular formula is C15H11BrN2O2. The summed E-state index contributed by atoms with van der Waals surface area (Å²) in [7, 11) is 0. The zero-order valence-electron chi connectivity index (χ0n) is 10.7. The topological polar surface area (TPSA) is 55.1 Å². The molecule has 1 N–H and O–H groups in total. The van der Waals surface area contributed by atoms with Crippen molar-refractivity contribution in [1.82, 2.24) is 9.55 Å². The van der Waals surface area contributed by atoms with Crippen molar-refractivity contribution < 1.29 is 5.11 Å². The van der Waals surface area contributed by atoms with Gasteiger partial charge in [0.05, 0.1) is 16.6 Å². The molecule has 4 nitrogen and oxygen atoms in total. The molecule has 1 heterocycles. The number of rotatable bonds is 1. The summed E-state index contributed by atoms with van der Waals surface area (Å²) >= 11 is 3.36. The molecule has 20 heavy (non-hydrogen) atoms. The molecule has 0 unspecified atom stereocenters. The quantitative estimate of drug-likeness (QED) is 0.745. The second-order valence-corrected chi connectivity index (χ2v) is 5.40. The molecule has 0 aliphatic carbocycles. The second kappa shape index (κ2) is 4.76. The van der Waals surface area contributed by atoms with Crippen LogP contribution in [-0.2, 0) is 0 Å². The normalized spacial score (nSPS) is 10.9. The minimum atomic E-state index is -0.153. The number of aromatic hydroxyl groups is 1. The van der Waals surface area contributed by atoms with Crippen molar-refractivity contribution in [2.45, 2.75) is 6.92 Å². The van der Waals surface area contributed by atoms with Crippen molar-refractivity contribution in [2.75, 3.05) is 0 Å². The summed E-state index contributed by atoms with van der Waals surface area (Å²) in [5.74, 6) is 0.693. The number of aromatic nitrogens is 2. The Morgan fingerprint density at radius 1 is 1.20 bits per heavy atom. The van der Waals surface area contributed by atoms with E-state index in [4.69, 9.17) is 0 Å². The van der Waals surface area contributed by atoms with E-state index in [2.05, 4.69) is 20.9 Å². The third-order valence-electron chi connectivity index (χ3n) is 3.09. The van der Waals surface area contributed by atoms with E-state index in [-0.39, 0.29) is 11.3 Å². The average Bonchev–Trinajstić information content (AvgIpc) is 2.40. The first-order valence-corrected chi connectivity index (χ1v) is 6.84. The highest BCUT2D eigenvalue weighted by Crippen LogP contribution is 2.19. The van der Waals surface area contributed by atoms with Crippen LogP contribution in [0.25, 0.3) is 16.6 Å². The van der Waals surface area contributed by atoms with Crippen LogP contribution < -0.4 is 5.56 Å². The molecule has 1 aromatic heterocycles. The predicted molar refractivity (Wildman–Crippen MR) is 81.4 cm³/mol. The van der Waals surface area contributed by atoms with Crippen molar-refractivity contribution in [2.24, 2.45) is 0 Å². The monoisotopic (exact) mass is 330 g/mol. The largest absolute Gasteiger partial charge is 0.508 e. The predicted octanol–water partition coefficient (Wildman–Crippen LogP) is 3.16. The standard InChI is InChI=1S/C15H11BrN2O2/c1-9-17-14-6-5-10(16)7-13(14)15(20)18(9)11-3-2-4-12(19)8-11/h2-8,19H,1H3. The lowest BCUT2D eigenvalue weighted by Crippen LogP contribution is -2.22. The molecule has 0 saturated heterocycles. The van der Waals surface area contributed by atoms with Crippen LogP contribution in [0, 0.1) is 6.92 Å². The van der Waals surface area contributed by atoms with E-state index in [0.717, 1.165) is 4.47 Å². The molecule has 3 aromatic rings. The van der Waals surface area contributed by atoms with Crippen LogP contribution in [0.4, 0.5) is 0 Å². The number of hydrogen-bond acceptors (Lipinski definition) is 3. The van der Waals surface area contributed by atoms with Crippen LogP contribution in [0.15, 0.2) is 51.7 Å². The third-order valence-corrected chi connectivity index (χ3v) is 3.58. The zero-order chi connectivity index (χ0) is 14.3. The summed E-state index contributed by atoms with van der Waals surface area (Å²) in [6.07, 6.45) is 0. The molecule has 3 rings (SSSR count). The molecule has 0 aliphatic heterocycles. The Morgan fingerprint density at radius 2 is 2.00 bits per heavy atom. The highest BCUT2D eigenvalue weighted by molar-refractivity contribution is 9.10. The first-order valence-electron chi connectivity index (χ1n) is 6.04. The Morgan fingerprint density at radius 3 is 2.75 bits per heavy atom. The van der Waals surface area contributed by atoms with Crippen LogP contribution in [0.3, 0.4) is 0 Å². The molecule has 0 spiro atoms. The van der Waals surface area contributed by atoms with Gasteiger partial charge in [0.1, 0.15) is 11.6 Å². The van der Waals surface area contributed by atoms with Crippen LogP contribution in [-0.4, -0.2) is 14.7 Å². The van der Waals surface area contributed by atoms with Gasteiger partial charge in [0.2, 0.25) is 0 Å². The lowest BCUT2D eigenvalue weighted by Gasteiger charge is -2.11. The van der Waals surface area contributed by atoms with Crippen molar-refractivity contribution in [3.63, 3.8) is 0 Å². The fourth-order valence-electron chi connectivity index (χ4n) is 2.20. The molecule has 0 fully saturated rings. The maximum atomic E-state index is 12.6. The smallest absolute Gasteiger partial charge is 0.266 e. The summed E-state index contributed by atoms with van der Waals surface area (Å²) in [6.45, 7) is 1.77. The maximum Gasteiger partial charge on any atom is 0.266 e. The molecular weight excluding hydrogens is 320 g/mol. The van der Waals surface area contributed by atoms with Crippen LogP contribution in [0.1, 0.15) is 5.82 Å². The highest BCUT2D eigenvalue weighted by Gasteiger charge is 2.10. The van der Waals surface area contributed by atoms with E-state index in [1.807, 2.05) is 6.07 Å². The summed E-state index contributed by atoms with van der Waals surface area (Å²) in [6, 6.07) is 12.0. The molecule has 0 bridgehead atoms. The summed E-state index contributed by atoms with van der Waals surface area (Å²) in [4.78, 5) is 17.1. The first-order chi connectivity index (χ1) is 9.56. The minimum absolute atomic E-state index is 0.114. The number of hydrogen-bond donors (Lipinski definition) is 1. The van der Waals surface area contributed by atoms with Gasteiger partial charge >= 0.3 is 0 Å². The van der Waals surface area contributed by atoms with Gasteiger partial charge in [0, 0.05) is 10.5 Å². The van der Waals surface area contributed by atoms with Gasteiger partial charge in [-0.2, -0.15) is 0 Å². The Kier molecular flexibility index (Phi) is 3.06. The fourth-order valence-corrected chi connectivity index (χ4v) is 2.57. The number of nitrogens with zero attached hydrogens (tertiary/aromatic N) is 2. The van der Waals surface area contributed by atoms with Crippen molar-refractivity contribution >= 4 is 26.8 Å². The van der Waals surface area contributed by atoms with Crippen molar-refractivity contribution in [3.05, 3.63) is 63.1 Å². The molecule has 2 aromatic carbocycles. The van der Waals surface area contributed by atoms with Gasteiger partial charge in [-0.15, -0.1) is 0 Å². The Balaban J connectivity index is 2.39. The molecule has 0 amide bonds. The van der Waals surface area contributed by atoms with E-state index < -0.39 is 0 Å².